The first-order valence-electron chi connectivity index (χ1n) is 24.6. The lowest BCUT2D eigenvalue weighted by atomic mass is 10.00. The number of amides is 6. The summed E-state index contributed by atoms with van der Waals surface area (Å²) in [7, 11) is 1.68. The molecule has 4 aromatic rings. The summed E-state index contributed by atoms with van der Waals surface area (Å²) in [5.41, 5.74) is 14.5. The van der Waals surface area contributed by atoms with Crippen LogP contribution in [0.15, 0.2) is 97.1 Å². The third kappa shape index (κ3) is 10.7. The molecule has 2 aliphatic carbocycles. The Hall–Kier alpha value is -5.65. The van der Waals surface area contributed by atoms with E-state index in [-0.39, 0.29) is 47.5 Å². The smallest absolute Gasteiger partial charge is 0.247 e. The SMILES string of the molecule is CN[C@@H](I)C(=O)N[C@@H](CCCCCC[C@H](NC(=O)[C@H](C)C(C)N)C(=O)N1CCC[C@H]1C(=O)NC1c2ccccc2-c2ccccc21)C(=O)N1CCC[C@H]1C(=O)NC1c2ccccc2-c2ccccc21. The summed E-state index contributed by atoms with van der Waals surface area (Å²) in [6.07, 6.45) is 5.63. The molecule has 0 bridgehead atoms. The topological polar surface area (TPSA) is 195 Å². The second kappa shape index (κ2) is 22.4. The molecule has 6 amide bonds. The number of unbranched alkanes of at least 4 members (excludes halogenated alkanes) is 3. The Morgan fingerprint density at radius 1 is 0.580 bits per heavy atom. The van der Waals surface area contributed by atoms with Crippen LogP contribution in [0.25, 0.3) is 22.3 Å². The number of fused-ring (bicyclic) bond motifs is 6. The van der Waals surface area contributed by atoms with E-state index in [1.165, 1.54) is 0 Å². The predicted octanol–water partition coefficient (Wildman–Crippen LogP) is 6.01. The lowest BCUT2D eigenvalue weighted by Gasteiger charge is -2.30. The minimum absolute atomic E-state index is 0.220. The summed E-state index contributed by atoms with van der Waals surface area (Å²) in [5.74, 6) is -2.19. The number of nitrogens with one attached hydrogen (secondary N) is 5. The van der Waals surface area contributed by atoms with Gasteiger partial charge in [0.25, 0.3) is 0 Å². The van der Waals surface area contributed by atoms with E-state index in [1.54, 1.807) is 30.7 Å². The highest BCUT2D eigenvalue weighted by Gasteiger charge is 2.42. The number of benzene rings is 4. The third-order valence-electron chi connectivity index (χ3n) is 14.6. The van der Waals surface area contributed by atoms with Crippen LogP contribution < -0.4 is 32.3 Å². The Kier molecular flexibility index (Phi) is 16.2. The van der Waals surface area contributed by atoms with Crippen LogP contribution in [0.5, 0.6) is 0 Å². The van der Waals surface area contributed by atoms with Gasteiger partial charge in [0.05, 0.1) is 12.1 Å². The fourth-order valence-electron chi connectivity index (χ4n) is 10.6. The molecular formula is C54H65IN8O6. The molecule has 2 heterocycles. The quantitative estimate of drug-likeness (QED) is 0.0284. The van der Waals surface area contributed by atoms with Crippen molar-refractivity contribution in [2.45, 2.75) is 124 Å². The van der Waals surface area contributed by atoms with Crippen molar-refractivity contribution in [1.82, 2.24) is 36.4 Å². The molecule has 15 heteroatoms. The van der Waals surface area contributed by atoms with Crippen molar-refractivity contribution >= 4 is 58.0 Å². The molecule has 364 valence electrons. The lowest BCUT2D eigenvalue weighted by Crippen LogP contribution is -2.55. The van der Waals surface area contributed by atoms with Crippen molar-refractivity contribution in [3.05, 3.63) is 119 Å². The van der Waals surface area contributed by atoms with Gasteiger partial charge in [0.2, 0.25) is 35.4 Å². The standard InChI is InChI=1S/C54H65IN8O6/c1-32(33(2)56)49(64)58-42(53(68)62-30-16-28-44(62)50(65)60-46-38-22-12-8-18-34(38)35-19-9-13-23-39(35)46)26-6-4-5-7-27-43(59-52(67)48(55)57-3)54(69)63-31-17-29-45(63)51(66)61-47-40-24-14-10-20-36(40)37-21-11-15-25-41(37)47/h8-15,18-25,32-33,42-48,57H,4-7,16-17,26-31,56H2,1-3H3,(H,58,64)(H,59,67)(H,60,65)(H,61,66)/t32-,33?,42+,43+,44+,45+,48-/m1/s1. The Bertz CT molecular complexity index is 2460. The number of hydrogen-bond donors (Lipinski definition) is 6. The molecule has 0 saturated carbocycles. The van der Waals surface area contributed by atoms with Crippen molar-refractivity contribution in [2.75, 3.05) is 20.1 Å². The maximum absolute atomic E-state index is 14.5. The molecule has 1 unspecified atom stereocenters. The zero-order valence-electron chi connectivity index (χ0n) is 39.7. The zero-order chi connectivity index (χ0) is 48.8. The average Bonchev–Trinajstić information content (AvgIpc) is 4.18. The normalized spacial score (nSPS) is 19.3. The summed E-state index contributed by atoms with van der Waals surface area (Å²) in [6.45, 7) is 4.31. The summed E-state index contributed by atoms with van der Waals surface area (Å²) < 4.78 is -0.565. The summed E-state index contributed by atoms with van der Waals surface area (Å²) >= 11 is 1.99. The van der Waals surface area contributed by atoms with Crippen molar-refractivity contribution in [2.24, 2.45) is 11.7 Å². The van der Waals surface area contributed by atoms with Gasteiger partial charge >= 0.3 is 0 Å². The second-order valence-electron chi connectivity index (χ2n) is 19.0. The molecule has 2 fully saturated rings. The van der Waals surface area contributed by atoms with E-state index in [0.29, 0.717) is 77.3 Å². The highest BCUT2D eigenvalue weighted by atomic mass is 127. The van der Waals surface area contributed by atoms with Gasteiger partial charge < -0.3 is 42.1 Å². The van der Waals surface area contributed by atoms with E-state index >= 15 is 0 Å². The number of carbonyl (C=O) groups excluding carboxylic acids is 6. The van der Waals surface area contributed by atoms with Gasteiger partial charge in [-0.1, -0.05) is 152 Å². The van der Waals surface area contributed by atoms with Crippen LogP contribution in [0.4, 0.5) is 0 Å². The first kappa shape index (κ1) is 49.8. The second-order valence-corrected chi connectivity index (χ2v) is 20.3. The number of rotatable bonds is 19. The van der Waals surface area contributed by atoms with E-state index in [9.17, 15) is 28.8 Å². The first-order valence-corrected chi connectivity index (χ1v) is 25.9. The Balaban J connectivity index is 0.893. The Labute approximate surface area is 418 Å². The molecule has 0 radical (unpaired) electrons. The minimum atomic E-state index is -0.861. The lowest BCUT2D eigenvalue weighted by molar-refractivity contribution is -0.142. The predicted molar refractivity (Wildman–Crippen MR) is 274 cm³/mol. The number of carbonyl (C=O) groups is 6. The summed E-state index contributed by atoms with van der Waals surface area (Å²) in [6, 6.07) is 28.0. The molecule has 0 aromatic heterocycles. The average molecular weight is 1050 g/mol. The van der Waals surface area contributed by atoms with Gasteiger partial charge in [0, 0.05) is 25.0 Å². The zero-order valence-corrected chi connectivity index (χ0v) is 41.9. The van der Waals surface area contributed by atoms with Gasteiger partial charge in [-0.15, -0.1) is 0 Å². The Morgan fingerprint density at radius 3 is 1.30 bits per heavy atom. The molecule has 2 aliphatic heterocycles. The van der Waals surface area contributed by atoms with Crippen molar-refractivity contribution < 1.29 is 28.8 Å². The van der Waals surface area contributed by atoms with Crippen LogP contribution in [0.2, 0.25) is 0 Å². The van der Waals surface area contributed by atoms with E-state index in [0.717, 1.165) is 44.5 Å². The van der Waals surface area contributed by atoms with Crippen LogP contribution in [0.1, 0.15) is 112 Å². The molecule has 69 heavy (non-hydrogen) atoms. The number of alkyl halides is 1. The van der Waals surface area contributed by atoms with Gasteiger partial charge in [-0.2, -0.15) is 0 Å². The van der Waals surface area contributed by atoms with Crippen LogP contribution in [-0.4, -0.2) is 99.6 Å². The van der Waals surface area contributed by atoms with Gasteiger partial charge in [0.15, 0.2) is 0 Å². The van der Waals surface area contributed by atoms with Gasteiger partial charge in [-0.25, -0.2) is 0 Å². The monoisotopic (exact) mass is 1050 g/mol. The van der Waals surface area contributed by atoms with Crippen LogP contribution in [0.3, 0.4) is 0 Å². The first-order chi connectivity index (χ1) is 33.4. The number of halogens is 1. The van der Waals surface area contributed by atoms with Crippen molar-refractivity contribution in [3.63, 3.8) is 0 Å². The van der Waals surface area contributed by atoms with E-state index in [4.69, 9.17) is 5.73 Å². The minimum Gasteiger partial charge on any atom is -0.344 e. The van der Waals surface area contributed by atoms with E-state index in [2.05, 4.69) is 50.8 Å². The molecule has 4 aromatic carbocycles. The maximum atomic E-state index is 14.5. The van der Waals surface area contributed by atoms with Crippen LogP contribution in [0, 0.1) is 5.92 Å². The van der Waals surface area contributed by atoms with Gasteiger partial charge in [-0.05, 0) is 97.0 Å². The largest absolute Gasteiger partial charge is 0.344 e. The molecule has 7 atom stereocenters. The molecule has 7 N–H and O–H groups in total. The van der Waals surface area contributed by atoms with Gasteiger partial charge in [-0.3, -0.25) is 28.8 Å². The number of nitrogens with two attached hydrogens (primary N) is 1. The maximum Gasteiger partial charge on any atom is 0.247 e. The highest BCUT2D eigenvalue weighted by Crippen LogP contribution is 2.44. The number of nitrogens with zero attached hydrogens (tertiary/aromatic N) is 2. The molecule has 14 nitrogen and oxygen atoms in total. The number of likely N-dealkylation sites (N-methyl/N-ethyl adjacent to an activating group) is 1. The third-order valence-corrected chi connectivity index (χ3v) is 15.8. The summed E-state index contributed by atoms with van der Waals surface area (Å²) in [5, 5.41) is 15.4. The van der Waals surface area contributed by atoms with Crippen LogP contribution in [-0.2, 0) is 28.8 Å². The molecule has 0 spiro atoms. The molecule has 2 saturated heterocycles. The van der Waals surface area contributed by atoms with Crippen LogP contribution >= 0.6 is 22.6 Å². The number of likely N-dealkylation sites (tertiary alicyclic amines) is 2. The summed E-state index contributed by atoms with van der Waals surface area (Å²) in [4.78, 5) is 87.1. The fraction of sp³-hybridized carbons (Fsp3) is 0.444. The van der Waals surface area contributed by atoms with E-state index in [1.807, 2.05) is 95.4 Å². The van der Waals surface area contributed by atoms with Gasteiger partial charge in [0.1, 0.15) is 28.2 Å². The number of hydrogen-bond acceptors (Lipinski definition) is 8. The molecular weight excluding hydrogens is 984 g/mol. The fourth-order valence-corrected chi connectivity index (χ4v) is 10.8. The van der Waals surface area contributed by atoms with E-state index < -0.39 is 40.2 Å². The van der Waals surface area contributed by atoms with Crippen molar-refractivity contribution in [3.8, 4) is 22.3 Å². The highest BCUT2D eigenvalue weighted by molar-refractivity contribution is 14.1. The molecule has 4 aliphatic rings. The Morgan fingerprint density at radius 2 is 0.942 bits per heavy atom. The van der Waals surface area contributed by atoms with Crippen molar-refractivity contribution in [1.29, 1.82) is 0 Å². The molecule has 8 rings (SSSR count).